The van der Waals surface area contributed by atoms with Gasteiger partial charge in [-0.2, -0.15) is 9.61 Å². The number of aromatic nitrogens is 3. The van der Waals surface area contributed by atoms with Crippen molar-refractivity contribution < 1.29 is 0 Å². The summed E-state index contributed by atoms with van der Waals surface area (Å²) >= 11 is 3.56. The highest BCUT2D eigenvalue weighted by Crippen LogP contribution is 2.33. The highest BCUT2D eigenvalue weighted by molar-refractivity contribution is 9.10. The van der Waals surface area contributed by atoms with Crippen LogP contribution in [-0.2, 0) is 0 Å². The van der Waals surface area contributed by atoms with Gasteiger partial charge < -0.3 is 21.7 Å². The van der Waals surface area contributed by atoms with Gasteiger partial charge in [-0.3, -0.25) is 0 Å². The zero-order valence-electron chi connectivity index (χ0n) is 12.0. The number of nitrogens with one attached hydrogen (secondary N) is 1. The Bertz CT molecular complexity index is 653. The summed E-state index contributed by atoms with van der Waals surface area (Å²) in [5.41, 5.74) is 13.5. The standard InChI is InChI=1S/C13H20BrN7/c1-8-6-18-21-11(16)10(14)13(19-12(8)21)20-5-2-9(7-20)17-4-3-15/h6,9,17H,2-5,7,15-16H2,1H3/t9-/m0/s1. The molecule has 1 atom stereocenters. The van der Waals surface area contributed by atoms with Crippen LogP contribution in [0.5, 0.6) is 0 Å². The van der Waals surface area contributed by atoms with E-state index < -0.39 is 0 Å². The zero-order chi connectivity index (χ0) is 15.0. The summed E-state index contributed by atoms with van der Waals surface area (Å²) in [6, 6.07) is 0.450. The highest BCUT2D eigenvalue weighted by Gasteiger charge is 2.26. The molecule has 3 rings (SSSR count). The second-order valence-corrected chi connectivity index (χ2v) is 6.17. The molecule has 0 aliphatic carbocycles. The second-order valence-electron chi connectivity index (χ2n) is 5.37. The Morgan fingerprint density at radius 3 is 3.10 bits per heavy atom. The fourth-order valence-corrected chi connectivity index (χ4v) is 3.22. The van der Waals surface area contributed by atoms with E-state index in [1.165, 1.54) is 0 Å². The molecule has 1 aliphatic rings. The Hall–Kier alpha value is -1.38. The molecule has 0 saturated carbocycles. The van der Waals surface area contributed by atoms with Gasteiger partial charge in [-0.1, -0.05) is 0 Å². The van der Waals surface area contributed by atoms with Gasteiger partial charge in [0.25, 0.3) is 0 Å². The number of hydrogen-bond donors (Lipinski definition) is 3. The normalized spacial score (nSPS) is 18.8. The Morgan fingerprint density at radius 2 is 2.33 bits per heavy atom. The number of nitrogens with zero attached hydrogens (tertiary/aromatic N) is 4. The van der Waals surface area contributed by atoms with E-state index in [-0.39, 0.29) is 0 Å². The van der Waals surface area contributed by atoms with Crippen molar-refractivity contribution in [3.63, 3.8) is 0 Å². The van der Waals surface area contributed by atoms with Crippen LogP contribution in [0.15, 0.2) is 10.7 Å². The molecule has 8 heteroatoms. The monoisotopic (exact) mass is 353 g/mol. The van der Waals surface area contributed by atoms with E-state index in [2.05, 4.69) is 31.2 Å². The van der Waals surface area contributed by atoms with Gasteiger partial charge >= 0.3 is 0 Å². The van der Waals surface area contributed by atoms with E-state index in [1.54, 1.807) is 10.7 Å². The van der Waals surface area contributed by atoms with Gasteiger partial charge in [0.2, 0.25) is 0 Å². The number of hydrogen-bond acceptors (Lipinski definition) is 6. The van der Waals surface area contributed by atoms with E-state index in [0.717, 1.165) is 47.6 Å². The predicted octanol–water partition coefficient (Wildman–Crippen LogP) is 0.509. The Kier molecular flexibility index (Phi) is 4.01. The molecule has 7 nitrogen and oxygen atoms in total. The number of nitrogen functional groups attached to an aromatic ring is 1. The van der Waals surface area contributed by atoms with Gasteiger partial charge in [0, 0.05) is 37.8 Å². The number of fused-ring (bicyclic) bond motifs is 1. The molecule has 114 valence electrons. The number of nitrogens with two attached hydrogens (primary N) is 2. The third-order valence-corrected chi connectivity index (χ3v) is 4.61. The first-order valence-corrected chi connectivity index (χ1v) is 7.88. The number of halogens is 1. The molecule has 0 radical (unpaired) electrons. The van der Waals surface area contributed by atoms with Crippen LogP contribution in [0.2, 0.25) is 0 Å². The molecule has 0 aromatic carbocycles. The van der Waals surface area contributed by atoms with Crippen molar-refractivity contribution >= 4 is 33.2 Å². The fraction of sp³-hybridized carbons (Fsp3) is 0.538. The zero-order valence-corrected chi connectivity index (χ0v) is 13.6. The smallest absolute Gasteiger partial charge is 0.162 e. The van der Waals surface area contributed by atoms with Crippen LogP contribution in [0.1, 0.15) is 12.0 Å². The molecule has 2 aromatic heterocycles. The van der Waals surface area contributed by atoms with Crippen molar-refractivity contribution in [1.82, 2.24) is 19.9 Å². The largest absolute Gasteiger partial charge is 0.383 e. The summed E-state index contributed by atoms with van der Waals surface area (Å²) in [5, 5.41) is 7.71. The minimum Gasteiger partial charge on any atom is -0.383 e. The van der Waals surface area contributed by atoms with E-state index in [0.29, 0.717) is 18.4 Å². The first-order valence-electron chi connectivity index (χ1n) is 7.09. The van der Waals surface area contributed by atoms with E-state index in [4.69, 9.17) is 16.5 Å². The van der Waals surface area contributed by atoms with Crippen molar-refractivity contribution in [3.05, 3.63) is 16.2 Å². The van der Waals surface area contributed by atoms with Crippen LogP contribution < -0.4 is 21.7 Å². The van der Waals surface area contributed by atoms with Crippen LogP contribution in [-0.4, -0.2) is 46.8 Å². The van der Waals surface area contributed by atoms with Gasteiger partial charge in [0.15, 0.2) is 5.65 Å². The van der Waals surface area contributed by atoms with Crippen molar-refractivity contribution in [1.29, 1.82) is 0 Å². The molecule has 0 unspecified atom stereocenters. The Morgan fingerprint density at radius 1 is 1.52 bits per heavy atom. The van der Waals surface area contributed by atoms with Crippen molar-refractivity contribution in [3.8, 4) is 0 Å². The number of aryl methyl sites for hydroxylation is 1. The van der Waals surface area contributed by atoms with E-state index in [1.807, 2.05) is 6.92 Å². The van der Waals surface area contributed by atoms with Gasteiger partial charge in [0.05, 0.1) is 6.20 Å². The Balaban J connectivity index is 1.90. The molecule has 1 saturated heterocycles. The topological polar surface area (TPSA) is 97.5 Å². The third-order valence-electron chi connectivity index (χ3n) is 3.85. The minimum atomic E-state index is 0.450. The molecular weight excluding hydrogens is 334 g/mol. The van der Waals surface area contributed by atoms with Crippen LogP contribution in [0.4, 0.5) is 11.6 Å². The van der Waals surface area contributed by atoms with Crippen LogP contribution >= 0.6 is 15.9 Å². The summed E-state index contributed by atoms with van der Waals surface area (Å²) in [6.07, 6.45) is 2.86. The molecule has 1 fully saturated rings. The molecule has 21 heavy (non-hydrogen) atoms. The van der Waals surface area contributed by atoms with Crippen molar-refractivity contribution in [2.75, 3.05) is 36.8 Å². The summed E-state index contributed by atoms with van der Waals surface area (Å²) in [6.45, 7) is 5.36. The molecule has 0 bridgehead atoms. The maximum Gasteiger partial charge on any atom is 0.162 e. The molecule has 0 spiro atoms. The second kappa shape index (κ2) is 5.78. The average Bonchev–Trinajstić information content (AvgIpc) is 3.08. The summed E-state index contributed by atoms with van der Waals surface area (Å²) in [4.78, 5) is 6.99. The third kappa shape index (κ3) is 2.58. The van der Waals surface area contributed by atoms with Crippen LogP contribution in [0, 0.1) is 6.92 Å². The van der Waals surface area contributed by atoms with E-state index in [9.17, 15) is 0 Å². The van der Waals surface area contributed by atoms with Gasteiger partial charge in [-0.15, -0.1) is 0 Å². The predicted molar refractivity (Wildman–Crippen MR) is 87.5 cm³/mol. The lowest BCUT2D eigenvalue weighted by Crippen LogP contribution is -2.36. The lowest BCUT2D eigenvalue weighted by molar-refractivity contribution is 0.559. The maximum atomic E-state index is 6.17. The lowest BCUT2D eigenvalue weighted by Gasteiger charge is -2.20. The summed E-state index contributed by atoms with van der Waals surface area (Å²) < 4.78 is 2.47. The fourth-order valence-electron chi connectivity index (χ4n) is 2.71. The highest BCUT2D eigenvalue weighted by atomic mass is 79.9. The number of rotatable bonds is 4. The first kappa shape index (κ1) is 14.6. The molecule has 3 heterocycles. The molecule has 0 amide bonds. The van der Waals surface area contributed by atoms with Crippen LogP contribution in [0.25, 0.3) is 5.65 Å². The van der Waals surface area contributed by atoms with Gasteiger partial charge in [0.1, 0.15) is 16.1 Å². The molecular formula is C13H20BrN7. The molecule has 2 aromatic rings. The van der Waals surface area contributed by atoms with Gasteiger partial charge in [-0.05, 0) is 29.3 Å². The van der Waals surface area contributed by atoms with Gasteiger partial charge in [-0.25, -0.2) is 4.98 Å². The van der Waals surface area contributed by atoms with Crippen molar-refractivity contribution in [2.24, 2.45) is 5.73 Å². The maximum absolute atomic E-state index is 6.17. The lowest BCUT2D eigenvalue weighted by atomic mass is 10.2. The van der Waals surface area contributed by atoms with Crippen molar-refractivity contribution in [2.45, 2.75) is 19.4 Å². The summed E-state index contributed by atoms with van der Waals surface area (Å²) in [7, 11) is 0. The Labute approximate surface area is 131 Å². The molecule has 5 N–H and O–H groups in total. The SMILES string of the molecule is Cc1cnn2c(N)c(Br)c(N3CC[C@H](NCCN)C3)nc12. The van der Waals surface area contributed by atoms with E-state index >= 15 is 0 Å². The number of anilines is 2. The first-order chi connectivity index (χ1) is 10.1. The minimum absolute atomic E-state index is 0.450. The quantitative estimate of drug-likeness (QED) is 0.740. The van der Waals surface area contributed by atoms with Crippen LogP contribution in [0.3, 0.4) is 0 Å². The summed E-state index contributed by atoms with van der Waals surface area (Å²) in [5.74, 6) is 1.47. The molecule has 1 aliphatic heterocycles. The average molecular weight is 354 g/mol.